The van der Waals surface area contributed by atoms with Gasteiger partial charge in [0, 0.05) is 12.1 Å². The van der Waals surface area contributed by atoms with E-state index in [1.54, 1.807) is 6.92 Å². The number of hydrogen-bond donors (Lipinski definition) is 0. The Labute approximate surface area is 119 Å². The fourth-order valence-electron chi connectivity index (χ4n) is 1.31. The van der Waals surface area contributed by atoms with Crippen molar-refractivity contribution in [3.05, 3.63) is 33.3 Å². The number of rotatable bonds is 7. The van der Waals surface area contributed by atoms with Crippen molar-refractivity contribution in [3.63, 3.8) is 0 Å². The summed E-state index contributed by atoms with van der Waals surface area (Å²) in [6, 6.07) is 3.73. The minimum atomic E-state index is -0.627. The van der Waals surface area contributed by atoms with Gasteiger partial charge in [0.1, 0.15) is 23.8 Å². The average molecular weight is 302 g/mol. The van der Waals surface area contributed by atoms with E-state index < -0.39 is 16.7 Å². The summed E-state index contributed by atoms with van der Waals surface area (Å²) in [7, 11) is 0. The number of nitro groups is 1. The maximum Gasteiger partial charge on any atom is 0.313 e. The van der Waals surface area contributed by atoms with Gasteiger partial charge < -0.3 is 9.47 Å². The number of benzene rings is 1. The van der Waals surface area contributed by atoms with Crippen LogP contribution >= 0.6 is 11.6 Å². The number of nitrogens with zero attached hydrogens (tertiary/aromatic N) is 1. The van der Waals surface area contributed by atoms with Crippen LogP contribution in [-0.4, -0.2) is 29.9 Å². The van der Waals surface area contributed by atoms with Crippen LogP contribution < -0.4 is 4.74 Å². The number of Topliss-reactive ketones (excluding diaryl/α,β-unsaturated/α-hetero) is 1. The van der Waals surface area contributed by atoms with Gasteiger partial charge in [-0.3, -0.25) is 19.7 Å². The largest absolute Gasteiger partial charge is 0.486 e. The zero-order valence-electron chi connectivity index (χ0n) is 10.6. The fraction of sp³-hybridized carbons (Fsp3) is 0.333. The third-order valence-corrected chi connectivity index (χ3v) is 2.47. The molecule has 0 aliphatic heterocycles. The Bertz CT molecular complexity index is 531. The molecule has 8 heteroatoms. The standard InChI is InChI=1S/C12H12ClNO6/c1-2-19-12(16)5-8(15)7-20-9-3-4-11(14(17)18)10(13)6-9/h3-4,6H,2,5,7H2,1H3. The molecule has 0 radical (unpaired) electrons. The molecule has 0 saturated carbocycles. The van der Waals surface area contributed by atoms with Gasteiger partial charge in [-0.05, 0) is 13.0 Å². The molecule has 0 spiro atoms. The first-order chi connectivity index (χ1) is 9.43. The zero-order valence-corrected chi connectivity index (χ0v) is 11.4. The highest BCUT2D eigenvalue weighted by Crippen LogP contribution is 2.28. The molecule has 0 unspecified atom stereocenters. The molecule has 0 aromatic heterocycles. The lowest BCUT2D eigenvalue weighted by molar-refractivity contribution is -0.384. The first-order valence-corrected chi connectivity index (χ1v) is 6.06. The van der Waals surface area contributed by atoms with Crippen molar-refractivity contribution in [2.45, 2.75) is 13.3 Å². The number of ether oxygens (including phenoxy) is 2. The van der Waals surface area contributed by atoms with E-state index in [4.69, 9.17) is 16.3 Å². The second kappa shape index (κ2) is 7.44. The molecule has 0 heterocycles. The molecule has 1 aromatic carbocycles. The van der Waals surface area contributed by atoms with E-state index in [1.165, 1.54) is 18.2 Å². The van der Waals surface area contributed by atoms with Gasteiger partial charge in [-0.15, -0.1) is 0 Å². The Morgan fingerprint density at radius 1 is 1.40 bits per heavy atom. The van der Waals surface area contributed by atoms with Gasteiger partial charge in [-0.2, -0.15) is 0 Å². The van der Waals surface area contributed by atoms with E-state index in [0.717, 1.165) is 0 Å². The van der Waals surface area contributed by atoms with Crippen molar-refractivity contribution in [1.82, 2.24) is 0 Å². The van der Waals surface area contributed by atoms with E-state index >= 15 is 0 Å². The Morgan fingerprint density at radius 3 is 2.65 bits per heavy atom. The number of esters is 1. The molecule has 108 valence electrons. The highest BCUT2D eigenvalue weighted by molar-refractivity contribution is 6.32. The number of hydrogen-bond acceptors (Lipinski definition) is 6. The summed E-state index contributed by atoms with van der Waals surface area (Å²) < 4.78 is 9.71. The van der Waals surface area contributed by atoms with E-state index in [9.17, 15) is 19.7 Å². The lowest BCUT2D eigenvalue weighted by Crippen LogP contribution is -2.17. The average Bonchev–Trinajstić information content (AvgIpc) is 2.36. The quantitative estimate of drug-likeness (QED) is 0.331. The first-order valence-electron chi connectivity index (χ1n) is 5.68. The molecule has 0 aliphatic rings. The summed E-state index contributed by atoms with van der Waals surface area (Å²) in [4.78, 5) is 32.4. The van der Waals surface area contributed by atoms with Gasteiger partial charge in [0.2, 0.25) is 0 Å². The van der Waals surface area contributed by atoms with Gasteiger partial charge in [0.05, 0.1) is 11.5 Å². The second-order valence-corrected chi connectivity index (χ2v) is 4.09. The molecule has 1 aromatic rings. The van der Waals surface area contributed by atoms with Crippen molar-refractivity contribution in [2.24, 2.45) is 0 Å². The molecule has 1 rings (SSSR count). The molecular weight excluding hydrogens is 290 g/mol. The summed E-state index contributed by atoms with van der Waals surface area (Å²) in [6.07, 6.45) is -0.380. The minimum absolute atomic E-state index is 0.0923. The number of halogens is 1. The second-order valence-electron chi connectivity index (χ2n) is 3.68. The molecular formula is C12H12ClNO6. The molecule has 0 amide bonds. The Morgan fingerprint density at radius 2 is 2.10 bits per heavy atom. The van der Waals surface area contributed by atoms with Gasteiger partial charge in [-0.25, -0.2) is 0 Å². The predicted octanol–water partition coefficient (Wildman–Crippen LogP) is 2.15. The molecule has 0 atom stereocenters. The molecule has 0 N–H and O–H groups in total. The predicted molar refractivity (Wildman–Crippen MR) is 69.9 cm³/mol. The number of nitro benzene ring substituents is 1. The van der Waals surface area contributed by atoms with Crippen LogP contribution in [0.25, 0.3) is 0 Å². The van der Waals surface area contributed by atoms with Crippen LogP contribution in [0.3, 0.4) is 0 Å². The lowest BCUT2D eigenvalue weighted by Gasteiger charge is -2.06. The van der Waals surface area contributed by atoms with E-state index in [1.807, 2.05) is 0 Å². The summed E-state index contributed by atoms with van der Waals surface area (Å²) in [5.74, 6) is -0.876. The van der Waals surface area contributed by atoms with Crippen LogP contribution in [0, 0.1) is 10.1 Å². The lowest BCUT2D eigenvalue weighted by atomic mass is 10.3. The molecule has 0 bridgehead atoms. The summed E-state index contributed by atoms with van der Waals surface area (Å²) in [6.45, 7) is 1.50. The molecule has 0 aliphatic carbocycles. The maximum absolute atomic E-state index is 11.4. The molecule has 20 heavy (non-hydrogen) atoms. The third-order valence-electron chi connectivity index (χ3n) is 2.16. The normalized spacial score (nSPS) is 9.90. The molecule has 0 saturated heterocycles. The van der Waals surface area contributed by atoms with Crippen LogP contribution in [0.1, 0.15) is 13.3 Å². The first kappa shape index (κ1) is 15.9. The van der Waals surface area contributed by atoms with E-state index in [-0.39, 0.29) is 36.1 Å². The SMILES string of the molecule is CCOC(=O)CC(=O)COc1ccc([N+](=O)[O-])c(Cl)c1. The van der Waals surface area contributed by atoms with Crippen molar-refractivity contribution in [3.8, 4) is 5.75 Å². The van der Waals surface area contributed by atoms with Crippen LogP contribution in [0.15, 0.2) is 18.2 Å². The van der Waals surface area contributed by atoms with E-state index in [0.29, 0.717) is 0 Å². The third kappa shape index (κ3) is 4.85. The highest BCUT2D eigenvalue weighted by atomic mass is 35.5. The topological polar surface area (TPSA) is 95.7 Å². The minimum Gasteiger partial charge on any atom is -0.486 e. The fourth-order valence-corrected chi connectivity index (χ4v) is 1.55. The van der Waals surface area contributed by atoms with Gasteiger partial charge in [0.15, 0.2) is 5.78 Å². The zero-order chi connectivity index (χ0) is 15.1. The van der Waals surface area contributed by atoms with Crippen LogP contribution in [0.5, 0.6) is 5.75 Å². The monoisotopic (exact) mass is 301 g/mol. The Hall–Kier alpha value is -2.15. The number of carbonyl (C=O) groups is 2. The van der Waals surface area contributed by atoms with Crippen molar-refractivity contribution >= 4 is 29.0 Å². The Balaban J connectivity index is 2.54. The van der Waals surface area contributed by atoms with Crippen LogP contribution in [0.2, 0.25) is 5.02 Å². The van der Waals surface area contributed by atoms with Crippen LogP contribution in [0.4, 0.5) is 5.69 Å². The molecule has 7 nitrogen and oxygen atoms in total. The maximum atomic E-state index is 11.4. The molecule has 0 fully saturated rings. The summed E-state index contributed by atoms with van der Waals surface area (Å²) in [5, 5.41) is 10.5. The van der Waals surface area contributed by atoms with Crippen LogP contribution in [-0.2, 0) is 14.3 Å². The Kier molecular flexibility index (Phi) is 5.92. The van der Waals surface area contributed by atoms with Gasteiger partial charge >= 0.3 is 5.97 Å². The smallest absolute Gasteiger partial charge is 0.313 e. The van der Waals surface area contributed by atoms with Crippen molar-refractivity contribution in [2.75, 3.05) is 13.2 Å². The summed E-state index contributed by atoms with van der Waals surface area (Å²) >= 11 is 5.68. The van der Waals surface area contributed by atoms with Gasteiger partial charge in [0.25, 0.3) is 5.69 Å². The number of ketones is 1. The van der Waals surface area contributed by atoms with E-state index in [2.05, 4.69) is 4.74 Å². The number of carbonyl (C=O) groups excluding carboxylic acids is 2. The summed E-state index contributed by atoms with van der Waals surface area (Å²) in [5.41, 5.74) is -0.253. The highest BCUT2D eigenvalue weighted by Gasteiger charge is 2.14. The van der Waals surface area contributed by atoms with Crippen molar-refractivity contribution < 1.29 is 24.0 Å². The van der Waals surface area contributed by atoms with Gasteiger partial charge in [-0.1, -0.05) is 11.6 Å². The van der Waals surface area contributed by atoms with Crippen molar-refractivity contribution in [1.29, 1.82) is 0 Å².